The fourth-order valence-electron chi connectivity index (χ4n) is 2.94. The van der Waals surface area contributed by atoms with Gasteiger partial charge in [0.05, 0.1) is 11.7 Å². The van der Waals surface area contributed by atoms with E-state index in [4.69, 9.17) is 5.73 Å². The summed E-state index contributed by atoms with van der Waals surface area (Å²) >= 11 is 0. The van der Waals surface area contributed by atoms with Gasteiger partial charge in [-0.2, -0.15) is 5.10 Å². The molecule has 0 amide bonds. The van der Waals surface area contributed by atoms with Gasteiger partial charge in [0.15, 0.2) is 5.65 Å². The zero-order valence-electron chi connectivity index (χ0n) is 11.2. The van der Waals surface area contributed by atoms with E-state index in [1.807, 2.05) is 11.7 Å². The minimum Gasteiger partial charge on any atom is -0.369 e. The minimum absolute atomic E-state index is 0.417. The number of hydrogen-bond acceptors (Lipinski definition) is 4. The molecule has 3 rings (SSSR count). The highest BCUT2D eigenvalue weighted by Gasteiger charge is 2.27. The van der Waals surface area contributed by atoms with Crippen molar-refractivity contribution in [3.8, 4) is 0 Å². The number of nitrogen functional groups attached to an aromatic ring is 1. The molecule has 0 spiro atoms. The number of aryl methyl sites for hydroxylation is 2. The van der Waals surface area contributed by atoms with Crippen molar-refractivity contribution < 1.29 is 0 Å². The van der Waals surface area contributed by atoms with E-state index in [1.54, 1.807) is 0 Å². The van der Waals surface area contributed by atoms with Gasteiger partial charge in [0.2, 0.25) is 5.95 Å². The number of fused-ring (bicyclic) bond motifs is 1. The Morgan fingerprint density at radius 3 is 2.78 bits per heavy atom. The maximum Gasteiger partial charge on any atom is 0.202 e. The third-order valence-electron chi connectivity index (χ3n) is 3.83. The normalized spacial score (nSPS) is 21.2. The molecule has 1 fully saturated rings. The van der Waals surface area contributed by atoms with Gasteiger partial charge in [0.1, 0.15) is 5.52 Å². The number of nitrogens with zero attached hydrogens (tertiary/aromatic N) is 5. The molecule has 2 aromatic heterocycles. The second-order valence-corrected chi connectivity index (χ2v) is 5.14. The average molecular weight is 248 g/mol. The molecule has 18 heavy (non-hydrogen) atoms. The van der Waals surface area contributed by atoms with Gasteiger partial charge < -0.3 is 10.6 Å². The average Bonchev–Trinajstić information content (AvgIpc) is 2.96. The molecule has 1 atom stereocenters. The smallest absolute Gasteiger partial charge is 0.202 e. The first-order chi connectivity index (χ1) is 8.61. The summed E-state index contributed by atoms with van der Waals surface area (Å²) < 4.78 is 4.07. The second kappa shape index (κ2) is 3.98. The summed E-state index contributed by atoms with van der Waals surface area (Å²) in [5, 5.41) is 4.52. The molecule has 1 saturated heterocycles. The van der Waals surface area contributed by atoms with Crippen LogP contribution in [0.5, 0.6) is 0 Å². The molecule has 1 unspecified atom stereocenters. The Morgan fingerprint density at radius 2 is 2.17 bits per heavy atom. The number of hydrogen-bond donors (Lipinski definition) is 1. The monoisotopic (exact) mass is 248 g/mol. The number of likely N-dealkylation sites (N-methyl/N-ethyl adjacent to an activating group) is 1. The van der Waals surface area contributed by atoms with Crippen LogP contribution < -0.4 is 5.73 Å². The van der Waals surface area contributed by atoms with E-state index in [0.29, 0.717) is 12.0 Å². The van der Waals surface area contributed by atoms with Crippen LogP contribution in [0.1, 0.15) is 25.1 Å². The van der Waals surface area contributed by atoms with Gasteiger partial charge >= 0.3 is 0 Å². The molecule has 2 N–H and O–H groups in total. The van der Waals surface area contributed by atoms with Crippen LogP contribution in [-0.2, 0) is 13.5 Å². The summed E-state index contributed by atoms with van der Waals surface area (Å²) in [4.78, 5) is 6.84. The van der Waals surface area contributed by atoms with Gasteiger partial charge in [-0.1, -0.05) is 6.92 Å². The summed E-state index contributed by atoms with van der Waals surface area (Å²) in [6.07, 6.45) is 2.01. The fraction of sp³-hybridized carbons (Fsp3) is 0.667. The van der Waals surface area contributed by atoms with E-state index < -0.39 is 0 Å². The molecule has 1 aliphatic heterocycles. The Morgan fingerprint density at radius 1 is 1.39 bits per heavy atom. The number of likely N-dealkylation sites (tertiary alicyclic amines) is 1. The van der Waals surface area contributed by atoms with Gasteiger partial charge in [-0.05, 0) is 26.4 Å². The summed E-state index contributed by atoms with van der Waals surface area (Å²) in [6, 6.07) is 0.417. The van der Waals surface area contributed by atoms with Crippen molar-refractivity contribution >= 4 is 17.1 Å². The number of anilines is 1. The van der Waals surface area contributed by atoms with Crippen molar-refractivity contribution in [3.05, 3.63) is 5.69 Å². The van der Waals surface area contributed by atoms with E-state index >= 15 is 0 Å². The van der Waals surface area contributed by atoms with Crippen LogP contribution in [0.15, 0.2) is 0 Å². The summed E-state index contributed by atoms with van der Waals surface area (Å²) in [7, 11) is 4.11. The van der Waals surface area contributed by atoms with Crippen molar-refractivity contribution in [1.82, 2.24) is 24.2 Å². The van der Waals surface area contributed by atoms with E-state index in [1.165, 1.54) is 0 Å². The molecule has 6 heteroatoms. The Hall–Kier alpha value is -1.56. The molecule has 98 valence electrons. The number of imidazole rings is 1. The minimum atomic E-state index is 0.417. The molecular formula is C12H20N6. The standard InChI is InChI=1S/C12H20N6/c1-4-9-10-11(17(3)15-9)18(12(13)14-10)8-5-6-16(2)7-8/h8H,4-7H2,1-3H3,(H2,13,14). The second-order valence-electron chi connectivity index (χ2n) is 5.14. The van der Waals surface area contributed by atoms with Gasteiger partial charge in [-0.25, -0.2) is 4.98 Å². The summed E-state index contributed by atoms with van der Waals surface area (Å²) in [5.41, 5.74) is 9.16. The lowest BCUT2D eigenvalue weighted by Crippen LogP contribution is -2.18. The maximum atomic E-state index is 6.11. The first-order valence-electron chi connectivity index (χ1n) is 6.49. The highest BCUT2D eigenvalue weighted by atomic mass is 15.4. The zero-order chi connectivity index (χ0) is 12.9. The van der Waals surface area contributed by atoms with Gasteiger partial charge in [0, 0.05) is 13.6 Å². The van der Waals surface area contributed by atoms with Crippen LogP contribution in [0, 0.1) is 0 Å². The third kappa shape index (κ3) is 1.52. The molecule has 0 saturated carbocycles. The van der Waals surface area contributed by atoms with Crippen LogP contribution in [0.2, 0.25) is 0 Å². The SMILES string of the molecule is CCc1nn(C)c2c1nc(N)n2C1CCN(C)C1. The largest absolute Gasteiger partial charge is 0.369 e. The predicted octanol–water partition coefficient (Wildman–Crippen LogP) is 0.791. The van der Waals surface area contributed by atoms with Crippen LogP contribution >= 0.6 is 0 Å². The molecule has 0 aliphatic carbocycles. The van der Waals surface area contributed by atoms with Crippen LogP contribution in [0.3, 0.4) is 0 Å². The Bertz CT molecular complexity index is 581. The quantitative estimate of drug-likeness (QED) is 0.853. The number of nitrogens with two attached hydrogens (primary N) is 1. The van der Waals surface area contributed by atoms with Crippen LogP contribution in [0.4, 0.5) is 5.95 Å². The lowest BCUT2D eigenvalue weighted by Gasteiger charge is -2.14. The molecular weight excluding hydrogens is 228 g/mol. The summed E-state index contributed by atoms with van der Waals surface area (Å²) in [5.74, 6) is 0.619. The number of aromatic nitrogens is 4. The van der Waals surface area contributed by atoms with E-state index in [9.17, 15) is 0 Å². The topological polar surface area (TPSA) is 64.9 Å². The zero-order valence-corrected chi connectivity index (χ0v) is 11.2. The molecule has 0 aromatic carbocycles. The molecule has 0 bridgehead atoms. The highest BCUT2D eigenvalue weighted by Crippen LogP contribution is 2.29. The van der Waals surface area contributed by atoms with Crippen LogP contribution in [0.25, 0.3) is 11.2 Å². The van der Waals surface area contributed by atoms with Gasteiger partial charge in [-0.3, -0.25) is 9.25 Å². The molecule has 1 aliphatic rings. The van der Waals surface area contributed by atoms with E-state index in [0.717, 1.165) is 42.8 Å². The molecule has 3 heterocycles. The Balaban J connectivity index is 2.16. The number of rotatable bonds is 2. The van der Waals surface area contributed by atoms with Crippen molar-refractivity contribution in [3.63, 3.8) is 0 Å². The third-order valence-corrected chi connectivity index (χ3v) is 3.83. The molecule has 2 aromatic rings. The van der Waals surface area contributed by atoms with Gasteiger partial charge in [0.25, 0.3) is 0 Å². The van der Waals surface area contributed by atoms with Crippen molar-refractivity contribution in [2.75, 3.05) is 25.9 Å². The predicted molar refractivity (Wildman–Crippen MR) is 71.4 cm³/mol. The van der Waals surface area contributed by atoms with Crippen molar-refractivity contribution in [1.29, 1.82) is 0 Å². The molecule has 6 nitrogen and oxygen atoms in total. The first kappa shape index (κ1) is 11.5. The van der Waals surface area contributed by atoms with E-state index in [2.05, 4.69) is 33.5 Å². The molecule has 0 radical (unpaired) electrons. The van der Waals surface area contributed by atoms with E-state index in [-0.39, 0.29) is 0 Å². The lowest BCUT2D eigenvalue weighted by atomic mass is 10.2. The highest BCUT2D eigenvalue weighted by molar-refractivity contribution is 5.78. The first-order valence-corrected chi connectivity index (χ1v) is 6.49. The van der Waals surface area contributed by atoms with Crippen LogP contribution in [-0.4, -0.2) is 44.4 Å². The van der Waals surface area contributed by atoms with Crippen molar-refractivity contribution in [2.45, 2.75) is 25.8 Å². The Labute approximate surface area is 106 Å². The lowest BCUT2D eigenvalue weighted by molar-refractivity contribution is 0.394. The van der Waals surface area contributed by atoms with Crippen molar-refractivity contribution in [2.24, 2.45) is 7.05 Å². The Kier molecular flexibility index (Phi) is 2.55. The summed E-state index contributed by atoms with van der Waals surface area (Å²) in [6.45, 7) is 4.24. The fourth-order valence-corrected chi connectivity index (χ4v) is 2.94. The maximum absolute atomic E-state index is 6.11. The van der Waals surface area contributed by atoms with Gasteiger partial charge in [-0.15, -0.1) is 0 Å².